The molecule has 1 aliphatic rings. The summed E-state index contributed by atoms with van der Waals surface area (Å²) in [7, 11) is 1.61. The molecule has 2 aromatic carbocycles. The molecule has 0 aliphatic carbocycles. The van der Waals surface area contributed by atoms with Gasteiger partial charge < -0.3 is 14.2 Å². The summed E-state index contributed by atoms with van der Waals surface area (Å²) in [5.74, 6) is 2.06. The summed E-state index contributed by atoms with van der Waals surface area (Å²) < 4.78 is 16.0. The maximum Gasteiger partial charge on any atom is 0.231 e. The molecule has 0 fully saturated rings. The molecule has 5 heteroatoms. The minimum Gasteiger partial charge on any atom is -0.496 e. The predicted molar refractivity (Wildman–Crippen MR) is 77.8 cm³/mol. The Morgan fingerprint density at radius 3 is 2.75 bits per heavy atom. The third-order valence-electron chi connectivity index (χ3n) is 2.89. The van der Waals surface area contributed by atoms with Crippen LogP contribution in [0.4, 0.5) is 5.69 Å². The molecular weight excluding hydrogens is 278 g/mol. The minimum atomic E-state index is 0.230. The van der Waals surface area contributed by atoms with Crippen LogP contribution in [0.3, 0.4) is 0 Å². The van der Waals surface area contributed by atoms with Crippen molar-refractivity contribution in [1.82, 2.24) is 0 Å². The van der Waals surface area contributed by atoms with Gasteiger partial charge >= 0.3 is 0 Å². The lowest BCUT2D eigenvalue weighted by atomic mass is 10.2. The Balaban J connectivity index is 1.94. The van der Waals surface area contributed by atoms with Crippen molar-refractivity contribution in [2.45, 2.75) is 0 Å². The number of methoxy groups -OCH3 is 1. The van der Waals surface area contributed by atoms with Crippen molar-refractivity contribution < 1.29 is 14.2 Å². The van der Waals surface area contributed by atoms with Crippen molar-refractivity contribution in [3.63, 3.8) is 0 Å². The Labute approximate surface area is 121 Å². The molecule has 0 unspecified atom stereocenters. The molecule has 0 spiro atoms. The standard InChI is InChI=1S/C15H12ClNO3/c1-18-13-7-15-14(19-9-20-15)5-10(13)8-17-12-4-2-3-11(16)6-12/h2-8H,9H2,1H3. The van der Waals surface area contributed by atoms with E-state index in [0.717, 1.165) is 11.3 Å². The van der Waals surface area contributed by atoms with Gasteiger partial charge in [-0.05, 0) is 24.3 Å². The molecule has 0 radical (unpaired) electrons. The third-order valence-corrected chi connectivity index (χ3v) is 3.12. The monoisotopic (exact) mass is 289 g/mol. The van der Waals surface area contributed by atoms with Crippen molar-refractivity contribution in [3.8, 4) is 17.2 Å². The summed E-state index contributed by atoms with van der Waals surface area (Å²) >= 11 is 5.93. The molecule has 0 saturated carbocycles. The molecule has 0 aromatic heterocycles. The Morgan fingerprint density at radius 1 is 1.20 bits per heavy atom. The van der Waals surface area contributed by atoms with Crippen LogP contribution in [-0.4, -0.2) is 20.1 Å². The lowest BCUT2D eigenvalue weighted by Gasteiger charge is -2.06. The highest BCUT2D eigenvalue weighted by Gasteiger charge is 2.16. The van der Waals surface area contributed by atoms with Crippen LogP contribution in [0.2, 0.25) is 5.02 Å². The molecule has 0 saturated heterocycles. The highest BCUT2D eigenvalue weighted by molar-refractivity contribution is 6.30. The predicted octanol–water partition coefficient (Wildman–Crippen LogP) is 3.83. The smallest absolute Gasteiger partial charge is 0.231 e. The summed E-state index contributed by atoms with van der Waals surface area (Å²) in [5, 5.41) is 0.650. The van der Waals surface area contributed by atoms with Gasteiger partial charge in [0, 0.05) is 22.9 Å². The molecule has 20 heavy (non-hydrogen) atoms. The number of nitrogens with zero attached hydrogens (tertiary/aromatic N) is 1. The van der Waals surface area contributed by atoms with Gasteiger partial charge in [0.15, 0.2) is 11.5 Å². The zero-order valence-electron chi connectivity index (χ0n) is 10.8. The first-order valence-corrected chi connectivity index (χ1v) is 6.41. The number of fused-ring (bicyclic) bond motifs is 1. The van der Waals surface area contributed by atoms with Crippen LogP contribution in [-0.2, 0) is 0 Å². The van der Waals surface area contributed by atoms with Crippen LogP contribution in [0.25, 0.3) is 0 Å². The quantitative estimate of drug-likeness (QED) is 0.806. The Morgan fingerprint density at radius 2 is 2.00 bits per heavy atom. The number of ether oxygens (including phenoxy) is 3. The van der Waals surface area contributed by atoms with Crippen molar-refractivity contribution in [2.75, 3.05) is 13.9 Å². The molecule has 0 N–H and O–H groups in total. The van der Waals surface area contributed by atoms with E-state index in [9.17, 15) is 0 Å². The van der Waals surface area contributed by atoms with Gasteiger partial charge in [-0.2, -0.15) is 0 Å². The van der Waals surface area contributed by atoms with E-state index in [2.05, 4.69) is 4.99 Å². The summed E-state index contributed by atoms with van der Waals surface area (Å²) in [4.78, 5) is 4.39. The Hall–Kier alpha value is -2.20. The summed E-state index contributed by atoms with van der Waals surface area (Å²) in [6.45, 7) is 0.230. The topological polar surface area (TPSA) is 40.0 Å². The fourth-order valence-electron chi connectivity index (χ4n) is 1.92. The van der Waals surface area contributed by atoms with Crippen LogP contribution >= 0.6 is 11.6 Å². The van der Waals surface area contributed by atoms with E-state index in [-0.39, 0.29) is 6.79 Å². The summed E-state index contributed by atoms with van der Waals surface area (Å²) in [6.07, 6.45) is 1.71. The molecule has 0 atom stereocenters. The van der Waals surface area contributed by atoms with Gasteiger partial charge in [-0.25, -0.2) is 0 Å². The van der Waals surface area contributed by atoms with Crippen LogP contribution in [0.15, 0.2) is 41.4 Å². The van der Waals surface area contributed by atoms with Crippen molar-refractivity contribution in [3.05, 3.63) is 47.0 Å². The highest BCUT2D eigenvalue weighted by Crippen LogP contribution is 2.37. The molecule has 3 rings (SSSR count). The normalized spacial score (nSPS) is 12.9. The minimum absolute atomic E-state index is 0.230. The average molecular weight is 290 g/mol. The molecule has 0 amide bonds. The first kappa shape index (κ1) is 12.8. The number of benzene rings is 2. The van der Waals surface area contributed by atoms with Gasteiger partial charge in [0.05, 0.1) is 12.8 Å². The number of hydrogen-bond acceptors (Lipinski definition) is 4. The van der Waals surface area contributed by atoms with Crippen LogP contribution in [0, 0.1) is 0 Å². The van der Waals surface area contributed by atoms with E-state index in [4.69, 9.17) is 25.8 Å². The van der Waals surface area contributed by atoms with Crippen LogP contribution in [0.5, 0.6) is 17.2 Å². The summed E-state index contributed by atoms with van der Waals surface area (Å²) in [6, 6.07) is 11.0. The fourth-order valence-corrected chi connectivity index (χ4v) is 2.10. The van der Waals surface area contributed by atoms with E-state index < -0.39 is 0 Å². The zero-order chi connectivity index (χ0) is 13.9. The largest absolute Gasteiger partial charge is 0.496 e. The maximum atomic E-state index is 5.93. The average Bonchev–Trinajstić information content (AvgIpc) is 2.91. The first-order valence-electron chi connectivity index (χ1n) is 6.03. The van der Waals surface area contributed by atoms with Gasteiger partial charge in [-0.15, -0.1) is 0 Å². The van der Waals surface area contributed by atoms with Crippen LogP contribution in [0.1, 0.15) is 5.56 Å². The molecule has 1 heterocycles. The lowest BCUT2D eigenvalue weighted by molar-refractivity contribution is 0.174. The second-order valence-corrected chi connectivity index (χ2v) is 4.62. The van der Waals surface area contributed by atoms with Crippen molar-refractivity contribution in [2.24, 2.45) is 4.99 Å². The first-order chi connectivity index (χ1) is 9.76. The second-order valence-electron chi connectivity index (χ2n) is 4.19. The number of halogens is 1. The van der Waals surface area contributed by atoms with E-state index in [0.29, 0.717) is 22.3 Å². The van der Waals surface area contributed by atoms with E-state index >= 15 is 0 Å². The fraction of sp³-hybridized carbons (Fsp3) is 0.133. The van der Waals surface area contributed by atoms with Gasteiger partial charge in [-0.3, -0.25) is 4.99 Å². The number of hydrogen-bond donors (Lipinski definition) is 0. The second kappa shape index (κ2) is 5.43. The van der Waals surface area contributed by atoms with Gasteiger partial charge in [0.25, 0.3) is 0 Å². The molecule has 102 valence electrons. The van der Waals surface area contributed by atoms with Gasteiger partial charge in [0.2, 0.25) is 6.79 Å². The molecule has 2 aromatic rings. The van der Waals surface area contributed by atoms with Crippen molar-refractivity contribution in [1.29, 1.82) is 0 Å². The number of rotatable bonds is 3. The highest BCUT2D eigenvalue weighted by atomic mass is 35.5. The molecule has 1 aliphatic heterocycles. The van der Waals surface area contributed by atoms with Gasteiger partial charge in [-0.1, -0.05) is 17.7 Å². The van der Waals surface area contributed by atoms with E-state index in [1.807, 2.05) is 24.3 Å². The Bertz CT molecular complexity index is 670. The SMILES string of the molecule is COc1cc2c(cc1C=Nc1cccc(Cl)c1)OCO2. The van der Waals surface area contributed by atoms with E-state index in [1.165, 1.54) is 0 Å². The Kier molecular flexibility index (Phi) is 3.48. The van der Waals surface area contributed by atoms with E-state index in [1.54, 1.807) is 25.5 Å². The van der Waals surface area contributed by atoms with Crippen LogP contribution < -0.4 is 14.2 Å². The molecular formula is C15H12ClNO3. The molecule has 4 nitrogen and oxygen atoms in total. The van der Waals surface area contributed by atoms with Gasteiger partial charge in [0.1, 0.15) is 5.75 Å². The maximum absolute atomic E-state index is 5.93. The third kappa shape index (κ3) is 2.56. The lowest BCUT2D eigenvalue weighted by Crippen LogP contribution is -1.92. The molecule has 0 bridgehead atoms. The van der Waals surface area contributed by atoms with Crippen molar-refractivity contribution >= 4 is 23.5 Å². The zero-order valence-corrected chi connectivity index (χ0v) is 11.6. The summed E-state index contributed by atoms with van der Waals surface area (Å²) in [5.41, 5.74) is 1.59. The number of aliphatic imine (C=N–C) groups is 1.